The second-order valence-corrected chi connectivity index (χ2v) is 6.98. The number of hydrogen-bond donors (Lipinski definition) is 2. The van der Waals surface area contributed by atoms with Gasteiger partial charge in [-0.05, 0) is 37.3 Å². The largest absolute Gasteiger partial charge is 0.411 e. The average molecular weight is 513 g/mol. The van der Waals surface area contributed by atoms with E-state index in [9.17, 15) is 13.2 Å². The van der Waals surface area contributed by atoms with E-state index < -0.39 is 12.8 Å². The maximum absolute atomic E-state index is 12.1. The van der Waals surface area contributed by atoms with Crippen molar-refractivity contribution in [3.05, 3.63) is 35.4 Å². The molecule has 28 heavy (non-hydrogen) atoms. The van der Waals surface area contributed by atoms with E-state index in [0.29, 0.717) is 24.3 Å². The SMILES string of the molecule is CCNC(=NCc1ccc(COCC(F)(F)F)cc1)NC1CC2CCC1O2.I. The van der Waals surface area contributed by atoms with Gasteiger partial charge in [0.1, 0.15) is 6.61 Å². The van der Waals surface area contributed by atoms with E-state index in [0.717, 1.165) is 37.3 Å². The standard InChI is InChI=1S/C19H26F3N3O2.HI/c1-2-23-18(25-16-9-15-7-8-17(16)27-15)24-10-13-3-5-14(6-4-13)11-26-12-19(20,21)22;/h3-6,15-17H,2,7-12H2,1H3,(H2,23,24,25);1H. The number of nitrogens with one attached hydrogen (secondary N) is 2. The summed E-state index contributed by atoms with van der Waals surface area (Å²) < 4.78 is 46.8. The van der Waals surface area contributed by atoms with Gasteiger partial charge in [-0.1, -0.05) is 24.3 Å². The van der Waals surface area contributed by atoms with E-state index in [2.05, 4.69) is 20.4 Å². The Kier molecular flexibility index (Phi) is 8.81. The molecule has 0 aromatic heterocycles. The van der Waals surface area contributed by atoms with Crippen molar-refractivity contribution in [3.8, 4) is 0 Å². The Balaban J connectivity index is 0.00000280. The van der Waals surface area contributed by atoms with Crippen molar-refractivity contribution in [3.63, 3.8) is 0 Å². The van der Waals surface area contributed by atoms with Crippen LogP contribution < -0.4 is 10.6 Å². The van der Waals surface area contributed by atoms with E-state index in [1.807, 2.05) is 19.1 Å². The van der Waals surface area contributed by atoms with E-state index in [-0.39, 0.29) is 36.7 Å². The first-order chi connectivity index (χ1) is 12.9. The highest BCUT2D eigenvalue weighted by molar-refractivity contribution is 14.0. The summed E-state index contributed by atoms with van der Waals surface area (Å²) in [5.74, 6) is 0.760. The van der Waals surface area contributed by atoms with E-state index in [1.165, 1.54) is 0 Å². The van der Waals surface area contributed by atoms with E-state index in [1.54, 1.807) is 12.1 Å². The molecule has 5 nitrogen and oxygen atoms in total. The predicted octanol–water partition coefficient (Wildman–Crippen LogP) is 3.76. The van der Waals surface area contributed by atoms with Crippen LogP contribution in [0.15, 0.2) is 29.3 Å². The van der Waals surface area contributed by atoms with E-state index >= 15 is 0 Å². The number of aliphatic imine (C=N–C) groups is 1. The number of guanidine groups is 1. The molecule has 0 saturated carbocycles. The molecule has 3 rings (SSSR count). The summed E-state index contributed by atoms with van der Waals surface area (Å²) in [4.78, 5) is 4.61. The van der Waals surface area contributed by atoms with Crippen molar-refractivity contribution < 1.29 is 22.6 Å². The zero-order chi connectivity index (χ0) is 19.3. The molecule has 2 aliphatic heterocycles. The molecule has 0 amide bonds. The Bertz CT molecular complexity index is 640. The molecule has 2 N–H and O–H groups in total. The lowest BCUT2D eigenvalue weighted by molar-refractivity contribution is -0.176. The summed E-state index contributed by atoms with van der Waals surface area (Å²) in [6, 6.07) is 7.56. The van der Waals surface area contributed by atoms with Crippen molar-refractivity contribution in [2.45, 2.75) is 63.8 Å². The second-order valence-electron chi connectivity index (χ2n) is 6.98. The topological polar surface area (TPSA) is 54.9 Å². The van der Waals surface area contributed by atoms with Gasteiger partial charge in [-0.2, -0.15) is 13.2 Å². The van der Waals surface area contributed by atoms with Crippen LogP contribution in [-0.4, -0.2) is 43.5 Å². The Morgan fingerprint density at radius 1 is 1.21 bits per heavy atom. The highest BCUT2D eigenvalue weighted by Gasteiger charge is 2.41. The zero-order valence-corrected chi connectivity index (χ0v) is 18.1. The van der Waals surface area contributed by atoms with Crippen molar-refractivity contribution in [2.75, 3.05) is 13.2 Å². The van der Waals surface area contributed by atoms with Crippen LogP contribution in [0.25, 0.3) is 0 Å². The fourth-order valence-electron chi connectivity index (χ4n) is 3.48. The van der Waals surface area contributed by atoms with Crippen LogP contribution >= 0.6 is 24.0 Å². The molecule has 2 heterocycles. The average Bonchev–Trinajstić information content (AvgIpc) is 3.23. The summed E-state index contributed by atoms with van der Waals surface area (Å²) in [6.07, 6.45) is -0.386. The van der Waals surface area contributed by atoms with Crippen LogP contribution in [0.1, 0.15) is 37.3 Å². The summed E-state index contributed by atoms with van der Waals surface area (Å²) in [5.41, 5.74) is 1.69. The van der Waals surface area contributed by atoms with Gasteiger partial charge in [-0.15, -0.1) is 24.0 Å². The summed E-state index contributed by atoms with van der Waals surface area (Å²) in [7, 11) is 0. The van der Waals surface area contributed by atoms with Crippen LogP contribution in [-0.2, 0) is 22.6 Å². The lowest BCUT2D eigenvalue weighted by Gasteiger charge is -2.22. The van der Waals surface area contributed by atoms with Crippen LogP contribution in [0.5, 0.6) is 0 Å². The van der Waals surface area contributed by atoms with Gasteiger partial charge >= 0.3 is 6.18 Å². The lowest BCUT2D eigenvalue weighted by Crippen LogP contribution is -2.47. The third-order valence-corrected chi connectivity index (χ3v) is 4.75. The molecular formula is C19H27F3IN3O2. The molecule has 0 spiro atoms. The molecule has 9 heteroatoms. The fourth-order valence-corrected chi connectivity index (χ4v) is 3.48. The van der Waals surface area contributed by atoms with Crippen molar-refractivity contribution in [2.24, 2.45) is 4.99 Å². The number of nitrogens with zero attached hydrogens (tertiary/aromatic N) is 1. The van der Waals surface area contributed by atoms with Gasteiger partial charge in [0.25, 0.3) is 0 Å². The first-order valence-corrected chi connectivity index (χ1v) is 9.35. The third-order valence-electron chi connectivity index (χ3n) is 4.75. The van der Waals surface area contributed by atoms with Crippen LogP contribution in [0.4, 0.5) is 13.2 Å². The first-order valence-electron chi connectivity index (χ1n) is 9.35. The number of rotatable bonds is 7. The Labute approximate surface area is 180 Å². The maximum atomic E-state index is 12.1. The van der Waals surface area contributed by atoms with Crippen LogP contribution in [0.2, 0.25) is 0 Å². The quantitative estimate of drug-likeness (QED) is 0.332. The number of benzene rings is 1. The van der Waals surface area contributed by atoms with Gasteiger partial charge in [-0.25, -0.2) is 4.99 Å². The molecular weight excluding hydrogens is 486 g/mol. The van der Waals surface area contributed by atoms with Gasteiger partial charge in [0.2, 0.25) is 0 Å². The minimum absolute atomic E-state index is 0. The maximum Gasteiger partial charge on any atom is 0.411 e. The van der Waals surface area contributed by atoms with Gasteiger partial charge in [0.15, 0.2) is 5.96 Å². The Morgan fingerprint density at radius 3 is 2.50 bits per heavy atom. The van der Waals surface area contributed by atoms with Crippen LogP contribution in [0.3, 0.4) is 0 Å². The second kappa shape index (κ2) is 10.6. The number of ether oxygens (including phenoxy) is 2. The number of halogens is 4. The summed E-state index contributed by atoms with van der Waals surface area (Å²) in [5, 5.41) is 6.71. The van der Waals surface area contributed by atoms with Gasteiger partial charge in [0.05, 0.1) is 31.4 Å². The molecule has 2 aliphatic rings. The van der Waals surface area contributed by atoms with Crippen molar-refractivity contribution in [1.29, 1.82) is 0 Å². The predicted molar refractivity (Wildman–Crippen MR) is 112 cm³/mol. The monoisotopic (exact) mass is 513 g/mol. The molecule has 1 aromatic carbocycles. The Hall–Kier alpha value is -1.07. The molecule has 3 atom stereocenters. The molecule has 1 aromatic rings. The highest BCUT2D eigenvalue weighted by atomic mass is 127. The molecule has 3 unspecified atom stereocenters. The molecule has 0 aliphatic carbocycles. The Morgan fingerprint density at radius 2 is 1.93 bits per heavy atom. The van der Waals surface area contributed by atoms with Crippen LogP contribution in [0, 0.1) is 0 Å². The van der Waals surface area contributed by atoms with E-state index in [4.69, 9.17) is 4.74 Å². The molecule has 2 fully saturated rings. The molecule has 158 valence electrons. The van der Waals surface area contributed by atoms with Crippen molar-refractivity contribution >= 4 is 29.9 Å². The minimum Gasteiger partial charge on any atom is -0.373 e. The third kappa shape index (κ3) is 7.07. The fraction of sp³-hybridized carbons (Fsp3) is 0.632. The molecule has 2 saturated heterocycles. The van der Waals surface area contributed by atoms with Gasteiger partial charge in [-0.3, -0.25) is 0 Å². The molecule has 2 bridgehead atoms. The molecule has 0 radical (unpaired) electrons. The number of hydrogen-bond acceptors (Lipinski definition) is 3. The summed E-state index contributed by atoms with van der Waals surface area (Å²) >= 11 is 0. The smallest absolute Gasteiger partial charge is 0.373 e. The van der Waals surface area contributed by atoms with Gasteiger partial charge < -0.3 is 20.1 Å². The highest BCUT2D eigenvalue weighted by Crippen LogP contribution is 2.34. The first kappa shape index (κ1) is 23.2. The van der Waals surface area contributed by atoms with Gasteiger partial charge in [0, 0.05) is 6.54 Å². The minimum atomic E-state index is -4.30. The zero-order valence-electron chi connectivity index (χ0n) is 15.8. The number of alkyl halides is 3. The normalized spacial score (nSPS) is 24.1. The lowest BCUT2D eigenvalue weighted by atomic mass is 9.96. The number of fused-ring (bicyclic) bond motifs is 2. The van der Waals surface area contributed by atoms with Crippen molar-refractivity contribution in [1.82, 2.24) is 10.6 Å². The summed E-state index contributed by atoms with van der Waals surface area (Å²) in [6.45, 7) is 1.98.